The lowest BCUT2D eigenvalue weighted by Gasteiger charge is -2.28. The second kappa shape index (κ2) is 7.72. The van der Waals surface area contributed by atoms with Crippen LogP contribution in [0, 0.1) is 5.92 Å². The molecule has 20 heavy (non-hydrogen) atoms. The van der Waals surface area contributed by atoms with Gasteiger partial charge >= 0.3 is 0 Å². The minimum atomic E-state index is 0.481. The molecule has 1 atom stereocenters. The zero-order chi connectivity index (χ0) is 14.4. The number of hydrogen-bond acceptors (Lipinski definition) is 5. The van der Waals surface area contributed by atoms with Gasteiger partial charge in [0, 0.05) is 18.7 Å². The van der Waals surface area contributed by atoms with Crippen molar-refractivity contribution < 1.29 is 0 Å². The minimum Gasteiger partial charge on any atom is -0.370 e. The highest BCUT2D eigenvalue weighted by Crippen LogP contribution is 2.28. The van der Waals surface area contributed by atoms with Gasteiger partial charge in [0.2, 0.25) is 0 Å². The van der Waals surface area contributed by atoms with Crippen molar-refractivity contribution in [2.24, 2.45) is 5.92 Å². The van der Waals surface area contributed by atoms with Crippen LogP contribution >= 0.6 is 11.8 Å². The molecule has 5 heteroatoms. The number of rotatable bonds is 6. The minimum absolute atomic E-state index is 0.481. The molecule has 2 N–H and O–H groups in total. The van der Waals surface area contributed by atoms with Crippen LogP contribution in [0.4, 0.5) is 11.6 Å². The van der Waals surface area contributed by atoms with Crippen molar-refractivity contribution in [3.8, 4) is 0 Å². The summed E-state index contributed by atoms with van der Waals surface area (Å²) in [5, 5.41) is 7.67. The number of anilines is 2. The molecule has 1 aliphatic rings. The topological polar surface area (TPSA) is 49.8 Å². The standard InChI is InChI=1S/C15H26N4S/c1-4-16-13-10-14(19-15(18-13)20-3)17-11(2)12-8-6-5-7-9-12/h10-12H,4-9H2,1-3H3,(H2,16,17,18,19). The fourth-order valence-corrected chi connectivity index (χ4v) is 3.23. The van der Waals surface area contributed by atoms with Gasteiger partial charge in [0.05, 0.1) is 0 Å². The summed E-state index contributed by atoms with van der Waals surface area (Å²) in [7, 11) is 0. The van der Waals surface area contributed by atoms with Gasteiger partial charge in [-0.05, 0) is 38.9 Å². The number of aromatic nitrogens is 2. The van der Waals surface area contributed by atoms with Crippen LogP contribution in [0.25, 0.3) is 0 Å². The van der Waals surface area contributed by atoms with E-state index in [4.69, 9.17) is 0 Å². The van der Waals surface area contributed by atoms with E-state index in [0.717, 1.165) is 29.3 Å². The lowest BCUT2D eigenvalue weighted by atomic mass is 9.84. The molecule has 1 aliphatic carbocycles. The summed E-state index contributed by atoms with van der Waals surface area (Å²) in [4.78, 5) is 9.03. The van der Waals surface area contributed by atoms with Gasteiger partial charge in [0.15, 0.2) is 5.16 Å². The quantitative estimate of drug-likeness (QED) is 0.613. The van der Waals surface area contributed by atoms with E-state index < -0.39 is 0 Å². The first-order valence-electron chi connectivity index (χ1n) is 7.66. The first-order chi connectivity index (χ1) is 9.72. The Hall–Kier alpha value is -0.970. The van der Waals surface area contributed by atoms with Crippen LogP contribution in [0.3, 0.4) is 0 Å². The summed E-state index contributed by atoms with van der Waals surface area (Å²) >= 11 is 1.58. The first-order valence-corrected chi connectivity index (χ1v) is 8.89. The Labute approximate surface area is 126 Å². The van der Waals surface area contributed by atoms with E-state index >= 15 is 0 Å². The second-order valence-corrected chi connectivity index (χ2v) is 6.26. The van der Waals surface area contributed by atoms with Gasteiger partial charge < -0.3 is 10.6 Å². The van der Waals surface area contributed by atoms with Crippen LogP contribution < -0.4 is 10.6 Å². The van der Waals surface area contributed by atoms with Crippen molar-refractivity contribution in [3.63, 3.8) is 0 Å². The van der Waals surface area contributed by atoms with Crippen molar-refractivity contribution >= 4 is 23.4 Å². The molecule has 1 heterocycles. The van der Waals surface area contributed by atoms with Crippen LogP contribution in [0.1, 0.15) is 46.0 Å². The Morgan fingerprint density at radius 2 is 1.95 bits per heavy atom. The van der Waals surface area contributed by atoms with E-state index in [1.807, 2.05) is 12.3 Å². The largest absolute Gasteiger partial charge is 0.370 e. The van der Waals surface area contributed by atoms with E-state index in [9.17, 15) is 0 Å². The van der Waals surface area contributed by atoms with Crippen LogP contribution in [0.2, 0.25) is 0 Å². The van der Waals surface area contributed by atoms with Crippen molar-refractivity contribution in [3.05, 3.63) is 6.07 Å². The normalized spacial score (nSPS) is 17.8. The molecule has 0 bridgehead atoms. The molecule has 1 saturated carbocycles. The summed E-state index contributed by atoms with van der Waals surface area (Å²) in [5.74, 6) is 2.63. The van der Waals surface area contributed by atoms with Gasteiger partial charge in [-0.25, -0.2) is 9.97 Å². The van der Waals surface area contributed by atoms with E-state index in [0.29, 0.717) is 6.04 Å². The lowest BCUT2D eigenvalue weighted by Crippen LogP contribution is -2.28. The highest BCUT2D eigenvalue weighted by molar-refractivity contribution is 7.98. The zero-order valence-corrected chi connectivity index (χ0v) is 13.6. The third-order valence-corrected chi connectivity index (χ3v) is 4.53. The molecule has 1 aromatic rings. The van der Waals surface area contributed by atoms with Crippen LogP contribution in [-0.2, 0) is 0 Å². The molecule has 2 rings (SSSR count). The second-order valence-electron chi connectivity index (χ2n) is 5.49. The molecule has 0 spiro atoms. The molecule has 0 saturated heterocycles. The van der Waals surface area contributed by atoms with Gasteiger partial charge in [0.25, 0.3) is 0 Å². The van der Waals surface area contributed by atoms with Gasteiger partial charge in [-0.2, -0.15) is 0 Å². The molecule has 0 radical (unpaired) electrons. The fraction of sp³-hybridized carbons (Fsp3) is 0.733. The number of thioether (sulfide) groups is 1. The third kappa shape index (κ3) is 4.27. The van der Waals surface area contributed by atoms with E-state index in [1.54, 1.807) is 11.8 Å². The van der Waals surface area contributed by atoms with Gasteiger partial charge in [0.1, 0.15) is 11.6 Å². The van der Waals surface area contributed by atoms with Gasteiger partial charge in [-0.3, -0.25) is 0 Å². The lowest BCUT2D eigenvalue weighted by molar-refractivity contribution is 0.328. The summed E-state index contributed by atoms with van der Waals surface area (Å²) < 4.78 is 0. The molecule has 1 fully saturated rings. The molecule has 4 nitrogen and oxygen atoms in total. The van der Waals surface area contributed by atoms with E-state index in [1.165, 1.54) is 32.1 Å². The predicted octanol–water partition coefficient (Wildman–Crippen LogP) is 4.01. The molecule has 0 amide bonds. The summed E-state index contributed by atoms with van der Waals surface area (Å²) in [5.41, 5.74) is 0. The SMILES string of the molecule is CCNc1cc(NC(C)C2CCCCC2)nc(SC)n1. The average Bonchev–Trinajstić information content (AvgIpc) is 2.48. The summed E-state index contributed by atoms with van der Waals surface area (Å²) in [6, 6.07) is 2.50. The van der Waals surface area contributed by atoms with Crippen molar-refractivity contribution in [2.45, 2.75) is 57.1 Å². The molecule has 1 aromatic heterocycles. The average molecular weight is 294 g/mol. The Morgan fingerprint density at radius 3 is 2.60 bits per heavy atom. The van der Waals surface area contributed by atoms with Gasteiger partial charge in [-0.15, -0.1) is 0 Å². The van der Waals surface area contributed by atoms with Crippen LogP contribution in [-0.4, -0.2) is 28.8 Å². The van der Waals surface area contributed by atoms with Crippen molar-refractivity contribution in [1.29, 1.82) is 0 Å². The maximum absolute atomic E-state index is 4.57. The maximum atomic E-state index is 4.57. The Morgan fingerprint density at radius 1 is 1.25 bits per heavy atom. The molecule has 0 aliphatic heterocycles. The van der Waals surface area contributed by atoms with Gasteiger partial charge in [-0.1, -0.05) is 31.0 Å². The Kier molecular flexibility index (Phi) is 5.95. The predicted molar refractivity (Wildman–Crippen MR) is 87.6 cm³/mol. The fourth-order valence-electron chi connectivity index (χ4n) is 2.85. The van der Waals surface area contributed by atoms with E-state index in [2.05, 4.69) is 34.4 Å². The van der Waals surface area contributed by atoms with Crippen molar-refractivity contribution in [2.75, 3.05) is 23.4 Å². The van der Waals surface area contributed by atoms with Crippen LogP contribution in [0.5, 0.6) is 0 Å². The molecule has 0 aromatic carbocycles. The first kappa shape index (κ1) is 15.4. The highest BCUT2D eigenvalue weighted by atomic mass is 32.2. The molecule has 112 valence electrons. The highest BCUT2D eigenvalue weighted by Gasteiger charge is 2.20. The van der Waals surface area contributed by atoms with Crippen molar-refractivity contribution in [1.82, 2.24) is 9.97 Å². The number of nitrogens with zero attached hydrogens (tertiary/aromatic N) is 2. The molecular weight excluding hydrogens is 268 g/mol. The monoisotopic (exact) mass is 294 g/mol. The smallest absolute Gasteiger partial charge is 0.191 e. The Bertz CT molecular complexity index is 418. The summed E-state index contributed by atoms with van der Waals surface area (Å²) in [6.45, 7) is 5.24. The third-order valence-electron chi connectivity index (χ3n) is 3.98. The summed E-state index contributed by atoms with van der Waals surface area (Å²) in [6.07, 6.45) is 8.85. The molecule has 1 unspecified atom stereocenters. The van der Waals surface area contributed by atoms with E-state index in [-0.39, 0.29) is 0 Å². The van der Waals surface area contributed by atoms with Crippen LogP contribution in [0.15, 0.2) is 11.2 Å². The number of nitrogens with one attached hydrogen (secondary N) is 2. The number of hydrogen-bond donors (Lipinski definition) is 2. The Balaban J connectivity index is 2.04. The molecular formula is C15H26N4S. The maximum Gasteiger partial charge on any atom is 0.191 e. The zero-order valence-electron chi connectivity index (χ0n) is 12.8.